The highest BCUT2D eigenvalue weighted by Crippen LogP contribution is 2.29. The average molecular weight is 396 g/mol. The highest BCUT2D eigenvalue weighted by atomic mass is 35.5. The molecule has 0 radical (unpaired) electrons. The Balaban J connectivity index is 1.54. The van der Waals surface area contributed by atoms with E-state index in [0.717, 1.165) is 31.6 Å². The second-order valence-electron chi connectivity index (χ2n) is 6.89. The Morgan fingerprint density at radius 2 is 1.77 bits per heavy atom. The number of phenols is 1. The third-order valence-electron chi connectivity index (χ3n) is 4.75. The summed E-state index contributed by atoms with van der Waals surface area (Å²) in [4.78, 5) is 2.32. The lowest BCUT2D eigenvalue weighted by atomic mass is 9.96. The molecule has 0 spiro atoms. The van der Waals surface area contributed by atoms with Gasteiger partial charge in [0.05, 0.1) is 15.6 Å². The Morgan fingerprint density at radius 3 is 2.50 bits per heavy atom. The number of benzene rings is 2. The van der Waals surface area contributed by atoms with E-state index in [2.05, 4.69) is 4.90 Å². The Kier molecular flexibility index (Phi) is 6.30. The summed E-state index contributed by atoms with van der Waals surface area (Å²) >= 11 is 11.9. The molecule has 1 aliphatic heterocycles. The summed E-state index contributed by atoms with van der Waals surface area (Å²) in [6.07, 6.45) is 2.24. The maximum Gasteiger partial charge on any atom is 0.121 e. The van der Waals surface area contributed by atoms with Gasteiger partial charge < -0.3 is 14.9 Å². The summed E-state index contributed by atoms with van der Waals surface area (Å²) in [6.45, 7) is 2.76. The van der Waals surface area contributed by atoms with E-state index >= 15 is 0 Å². The molecule has 2 N–H and O–H groups in total. The normalized spacial score (nSPS) is 21.3. The molecule has 1 atom stereocenters. The van der Waals surface area contributed by atoms with Gasteiger partial charge in [-0.15, -0.1) is 0 Å². The predicted octanol–water partition coefficient (Wildman–Crippen LogP) is 4.50. The summed E-state index contributed by atoms with van der Waals surface area (Å²) < 4.78 is 5.77. The van der Waals surface area contributed by atoms with Gasteiger partial charge in [0.15, 0.2) is 0 Å². The lowest BCUT2D eigenvalue weighted by molar-refractivity contribution is -0.0168. The fourth-order valence-corrected chi connectivity index (χ4v) is 3.47. The number of likely N-dealkylation sites (tertiary alicyclic amines) is 1. The van der Waals surface area contributed by atoms with Crippen molar-refractivity contribution >= 4 is 23.2 Å². The van der Waals surface area contributed by atoms with Gasteiger partial charge in [-0.25, -0.2) is 0 Å². The van der Waals surface area contributed by atoms with E-state index < -0.39 is 5.60 Å². The van der Waals surface area contributed by atoms with E-state index in [4.69, 9.17) is 27.9 Å². The number of aromatic hydroxyl groups is 1. The van der Waals surface area contributed by atoms with E-state index in [1.165, 1.54) is 0 Å². The fraction of sp³-hybridized carbons (Fsp3) is 0.400. The molecule has 1 unspecified atom stereocenters. The van der Waals surface area contributed by atoms with Gasteiger partial charge in [-0.05, 0) is 55.6 Å². The summed E-state index contributed by atoms with van der Waals surface area (Å²) in [6, 6.07) is 12.4. The van der Waals surface area contributed by atoms with E-state index in [0.29, 0.717) is 28.6 Å². The van der Waals surface area contributed by atoms with Gasteiger partial charge in [-0.2, -0.15) is 0 Å². The Bertz CT molecular complexity index is 738. The zero-order valence-electron chi connectivity index (χ0n) is 14.5. The molecule has 1 saturated heterocycles. The first-order valence-electron chi connectivity index (χ1n) is 8.74. The molecule has 0 bridgehead atoms. The largest absolute Gasteiger partial charge is 0.508 e. The summed E-state index contributed by atoms with van der Waals surface area (Å²) in [5.41, 5.74) is 0.302. The van der Waals surface area contributed by atoms with E-state index in [1.54, 1.807) is 30.3 Å². The number of nitrogens with zero attached hydrogens (tertiary/aromatic N) is 1. The Labute approximate surface area is 163 Å². The van der Waals surface area contributed by atoms with Crippen molar-refractivity contribution in [3.63, 3.8) is 0 Å². The Morgan fingerprint density at radius 1 is 1.00 bits per heavy atom. The fourth-order valence-electron chi connectivity index (χ4n) is 3.18. The van der Waals surface area contributed by atoms with E-state index in [9.17, 15) is 10.2 Å². The van der Waals surface area contributed by atoms with Crippen LogP contribution in [0.4, 0.5) is 0 Å². The van der Waals surface area contributed by atoms with Gasteiger partial charge >= 0.3 is 0 Å². The maximum absolute atomic E-state index is 10.9. The number of hydrogen-bond donors (Lipinski definition) is 2. The molecule has 6 heteroatoms. The lowest BCUT2D eigenvalue weighted by Gasteiger charge is -2.27. The first-order chi connectivity index (χ1) is 12.4. The first-order valence-corrected chi connectivity index (χ1v) is 9.50. The van der Waals surface area contributed by atoms with Crippen molar-refractivity contribution in [3.05, 3.63) is 58.1 Å². The van der Waals surface area contributed by atoms with Crippen LogP contribution >= 0.6 is 23.2 Å². The number of phenolic OH excluding ortho intramolecular Hbond substituents is 1. The summed E-state index contributed by atoms with van der Waals surface area (Å²) in [5.74, 6) is 0.886. The second kappa shape index (κ2) is 8.49. The number of aliphatic hydroxyl groups is 1. The van der Waals surface area contributed by atoms with Gasteiger partial charge in [-0.3, -0.25) is 4.90 Å². The standard InChI is InChI=1S/C20H23Cl2NO3/c21-18-7-6-17(12-19(18)22)26-14-20(25)8-1-10-23(11-9-20)13-15-2-4-16(24)5-3-15/h2-7,12,24-25H,1,8-11,13-14H2. The third-order valence-corrected chi connectivity index (χ3v) is 5.49. The van der Waals surface area contributed by atoms with Crippen LogP contribution in [0, 0.1) is 0 Å². The zero-order chi connectivity index (χ0) is 18.6. The highest BCUT2D eigenvalue weighted by molar-refractivity contribution is 6.42. The van der Waals surface area contributed by atoms with Crippen LogP contribution in [0.3, 0.4) is 0 Å². The van der Waals surface area contributed by atoms with Crippen LogP contribution in [-0.2, 0) is 6.54 Å². The number of halogens is 2. The highest BCUT2D eigenvalue weighted by Gasteiger charge is 2.31. The van der Waals surface area contributed by atoms with Crippen molar-refractivity contribution in [3.8, 4) is 11.5 Å². The molecule has 4 nitrogen and oxygen atoms in total. The second-order valence-corrected chi connectivity index (χ2v) is 7.70. The molecule has 1 aliphatic rings. The minimum atomic E-state index is -0.851. The number of rotatable bonds is 5. The van der Waals surface area contributed by atoms with Crippen LogP contribution < -0.4 is 4.74 Å². The SMILES string of the molecule is Oc1ccc(CN2CCCC(O)(COc3ccc(Cl)c(Cl)c3)CC2)cc1. The minimum absolute atomic E-state index is 0.234. The average Bonchev–Trinajstić information content (AvgIpc) is 2.80. The molecule has 0 amide bonds. The van der Waals surface area contributed by atoms with Crippen molar-refractivity contribution in [2.24, 2.45) is 0 Å². The molecule has 2 aromatic carbocycles. The van der Waals surface area contributed by atoms with Crippen LogP contribution in [0.25, 0.3) is 0 Å². The molecule has 1 fully saturated rings. The van der Waals surface area contributed by atoms with E-state index in [-0.39, 0.29) is 12.4 Å². The van der Waals surface area contributed by atoms with Gasteiger partial charge in [-0.1, -0.05) is 35.3 Å². The van der Waals surface area contributed by atoms with Crippen molar-refractivity contribution < 1.29 is 14.9 Å². The molecular weight excluding hydrogens is 373 g/mol. The molecule has 1 heterocycles. The van der Waals surface area contributed by atoms with Crippen molar-refractivity contribution in [2.45, 2.75) is 31.4 Å². The predicted molar refractivity (Wildman–Crippen MR) is 104 cm³/mol. The van der Waals surface area contributed by atoms with Gasteiger partial charge in [0.1, 0.15) is 18.1 Å². The van der Waals surface area contributed by atoms with Crippen molar-refractivity contribution in [2.75, 3.05) is 19.7 Å². The van der Waals surface area contributed by atoms with Crippen LogP contribution in [0.1, 0.15) is 24.8 Å². The topological polar surface area (TPSA) is 52.9 Å². The molecule has 2 aromatic rings. The molecular formula is C20H23Cl2NO3. The minimum Gasteiger partial charge on any atom is -0.508 e. The molecule has 26 heavy (non-hydrogen) atoms. The summed E-state index contributed by atoms with van der Waals surface area (Å²) in [5, 5.41) is 21.2. The first kappa shape index (κ1) is 19.3. The molecule has 0 aromatic heterocycles. The third kappa shape index (κ3) is 5.27. The van der Waals surface area contributed by atoms with Crippen molar-refractivity contribution in [1.82, 2.24) is 4.90 Å². The Hall–Kier alpha value is -1.46. The molecule has 0 aliphatic carbocycles. The number of ether oxygens (including phenoxy) is 1. The van der Waals surface area contributed by atoms with Gasteiger partial charge in [0.25, 0.3) is 0 Å². The molecule has 0 saturated carbocycles. The molecule has 140 valence electrons. The van der Waals surface area contributed by atoms with Crippen LogP contribution in [-0.4, -0.2) is 40.4 Å². The number of hydrogen-bond acceptors (Lipinski definition) is 4. The van der Waals surface area contributed by atoms with Gasteiger partial charge in [0.2, 0.25) is 0 Å². The van der Waals surface area contributed by atoms with Crippen LogP contribution in [0.15, 0.2) is 42.5 Å². The quantitative estimate of drug-likeness (QED) is 0.782. The summed E-state index contributed by atoms with van der Waals surface area (Å²) in [7, 11) is 0. The van der Waals surface area contributed by atoms with E-state index in [1.807, 2.05) is 12.1 Å². The van der Waals surface area contributed by atoms with Crippen LogP contribution in [0.5, 0.6) is 11.5 Å². The lowest BCUT2D eigenvalue weighted by Crippen LogP contribution is -2.37. The smallest absolute Gasteiger partial charge is 0.121 e. The molecule has 3 rings (SSSR count). The zero-order valence-corrected chi connectivity index (χ0v) is 16.0. The van der Waals surface area contributed by atoms with Gasteiger partial charge in [0, 0.05) is 19.2 Å². The monoisotopic (exact) mass is 395 g/mol. The maximum atomic E-state index is 10.9. The van der Waals surface area contributed by atoms with Crippen molar-refractivity contribution in [1.29, 1.82) is 0 Å². The van der Waals surface area contributed by atoms with Crippen LogP contribution in [0.2, 0.25) is 10.0 Å².